The molecule has 4 heteroatoms. The molecule has 0 N–H and O–H groups in total. The van der Waals surface area contributed by atoms with Gasteiger partial charge in [-0.15, -0.1) is 0 Å². The van der Waals surface area contributed by atoms with Gasteiger partial charge >= 0.3 is 5.97 Å². The van der Waals surface area contributed by atoms with E-state index in [-0.39, 0.29) is 12.1 Å². The molecule has 0 bridgehead atoms. The first-order valence-corrected chi connectivity index (χ1v) is 8.46. The van der Waals surface area contributed by atoms with Crippen LogP contribution in [0.15, 0.2) is 18.2 Å². The molecule has 2 aromatic rings. The molecule has 0 amide bonds. The van der Waals surface area contributed by atoms with Crippen molar-refractivity contribution in [2.75, 3.05) is 6.61 Å². The van der Waals surface area contributed by atoms with Gasteiger partial charge in [-0.05, 0) is 52.3 Å². The number of unbranched alkanes of at least 4 members (excludes halogenated alkanes) is 1. The summed E-state index contributed by atoms with van der Waals surface area (Å²) in [7, 11) is 0. The Morgan fingerprint density at radius 2 is 2.00 bits per heavy atom. The molecular weight excluding hydrogens is 290 g/mol. The van der Waals surface area contributed by atoms with Gasteiger partial charge in [-0.3, -0.25) is 0 Å². The zero-order valence-corrected chi connectivity index (χ0v) is 14.8. The lowest BCUT2D eigenvalue weighted by atomic mass is 10.1. The molecule has 0 unspecified atom stereocenters. The molecular formula is C19H27NO3. The standard InChI is InChI=1S/C19H27NO3/c1-6-8-11-20-14(5)18(19(21)22-7-2)16-12-15(23-13(3)4)9-10-17(16)20/h9-10,12-13H,6-8,11H2,1-5H3. The summed E-state index contributed by atoms with van der Waals surface area (Å²) in [6.07, 6.45) is 2.29. The number of ether oxygens (including phenoxy) is 2. The monoisotopic (exact) mass is 317 g/mol. The van der Waals surface area contributed by atoms with Gasteiger partial charge in [0.05, 0.1) is 18.3 Å². The highest BCUT2D eigenvalue weighted by Gasteiger charge is 2.21. The number of rotatable bonds is 7. The number of aryl methyl sites for hydroxylation is 1. The van der Waals surface area contributed by atoms with E-state index in [9.17, 15) is 4.79 Å². The molecule has 0 aliphatic carbocycles. The lowest BCUT2D eigenvalue weighted by molar-refractivity contribution is 0.0527. The van der Waals surface area contributed by atoms with Crippen molar-refractivity contribution < 1.29 is 14.3 Å². The van der Waals surface area contributed by atoms with E-state index in [0.717, 1.165) is 41.7 Å². The maximum Gasteiger partial charge on any atom is 0.340 e. The number of benzene rings is 1. The Hall–Kier alpha value is -1.97. The van der Waals surface area contributed by atoms with E-state index < -0.39 is 0 Å². The molecule has 126 valence electrons. The van der Waals surface area contributed by atoms with Crippen LogP contribution in [-0.2, 0) is 11.3 Å². The summed E-state index contributed by atoms with van der Waals surface area (Å²) in [5, 5.41) is 0.912. The summed E-state index contributed by atoms with van der Waals surface area (Å²) in [5.74, 6) is 0.526. The Labute approximate surface area is 138 Å². The van der Waals surface area contributed by atoms with Crippen LogP contribution in [0, 0.1) is 6.92 Å². The lowest BCUT2D eigenvalue weighted by Gasteiger charge is -2.10. The van der Waals surface area contributed by atoms with Gasteiger partial charge in [0.25, 0.3) is 0 Å². The second-order valence-corrected chi connectivity index (χ2v) is 6.03. The van der Waals surface area contributed by atoms with Crippen LogP contribution in [-0.4, -0.2) is 23.2 Å². The Morgan fingerprint density at radius 1 is 1.26 bits per heavy atom. The third-order valence-electron chi connectivity index (χ3n) is 3.88. The van der Waals surface area contributed by atoms with Crippen LogP contribution in [0.2, 0.25) is 0 Å². The minimum Gasteiger partial charge on any atom is -0.491 e. The van der Waals surface area contributed by atoms with Crippen molar-refractivity contribution in [3.05, 3.63) is 29.5 Å². The van der Waals surface area contributed by atoms with Gasteiger partial charge in [0.2, 0.25) is 0 Å². The molecule has 23 heavy (non-hydrogen) atoms. The van der Waals surface area contributed by atoms with Gasteiger partial charge in [0.15, 0.2) is 0 Å². The van der Waals surface area contributed by atoms with Crippen LogP contribution in [0.25, 0.3) is 10.9 Å². The predicted molar refractivity (Wildman–Crippen MR) is 93.3 cm³/mol. The summed E-state index contributed by atoms with van der Waals surface area (Å²) < 4.78 is 13.3. The first kappa shape index (κ1) is 17.4. The second-order valence-electron chi connectivity index (χ2n) is 6.03. The highest BCUT2D eigenvalue weighted by atomic mass is 16.5. The van der Waals surface area contributed by atoms with E-state index in [0.29, 0.717) is 12.2 Å². The van der Waals surface area contributed by atoms with Gasteiger partial charge in [-0.1, -0.05) is 13.3 Å². The fourth-order valence-corrected chi connectivity index (χ4v) is 2.87. The highest BCUT2D eigenvalue weighted by Crippen LogP contribution is 2.30. The smallest absolute Gasteiger partial charge is 0.340 e. The number of fused-ring (bicyclic) bond motifs is 1. The van der Waals surface area contributed by atoms with Gasteiger partial charge in [-0.2, -0.15) is 0 Å². The van der Waals surface area contributed by atoms with Crippen molar-refractivity contribution in [1.29, 1.82) is 0 Å². The van der Waals surface area contributed by atoms with Crippen LogP contribution in [0.4, 0.5) is 0 Å². The quantitative estimate of drug-likeness (QED) is 0.694. The molecule has 0 saturated heterocycles. The molecule has 4 nitrogen and oxygen atoms in total. The molecule has 0 spiro atoms. The summed E-state index contributed by atoms with van der Waals surface area (Å²) >= 11 is 0. The Balaban J connectivity index is 2.58. The van der Waals surface area contributed by atoms with Crippen molar-refractivity contribution in [1.82, 2.24) is 4.57 Å². The molecule has 0 aliphatic rings. The van der Waals surface area contributed by atoms with Crippen molar-refractivity contribution in [2.24, 2.45) is 0 Å². The normalized spacial score (nSPS) is 11.2. The molecule has 0 fully saturated rings. The van der Waals surface area contributed by atoms with E-state index in [4.69, 9.17) is 9.47 Å². The molecule has 0 saturated carbocycles. The number of aromatic nitrogens is 1. The zero-order valence-electron chi connectivity index (χ0n) is 14.8. The topological polar surface area (TPSA) is 40.5 Å². The molecule has 0 radical (unpaired) electrons. The lowest BCUT2D eigenvalue weighted by Crippen LogP contribution is -2.08. The Kier molecular flexibility index (Phi) is 5.69. The van der Waals surface area contributed by atoms with Crippen molar-refractivity contribution >= 4 is 16.9 Å². The number of carbonyl (C=O) groups is 1. The van der Waals surface area contributed by atoms with Gasteiger partial charge in [-0.25, -0.2) is 4.79 Å². The maximum atomic E-state index is 12.4. The summed E-state index contributed by atoms with van der Waals surface area (Å²) in [6.45, 7) is 11.3. The minimum atomic E-state index is -0.257. The molecule has 1 heterocycles. The van der Waals surface area contributed by atoms with Crippen molar-refractivity contribution in [3.8, 4) is 5.75 Å². The largest absolute Gasteiger partial charge is 0.491 e. The molecule has 0 aliphatic heterocycles. The average molecular weight is 317 g/mol. The van der Waals surface area contributed by atoms with E-state index >= 15 is 0 Å². The van der Waals surface area contributed by atoms with Gasteiger partial charge < -0.3 is 14.0 Å². The summed E-state index contributed by atoms with van der Waals surface area (Å²) in [5.41, 5.74) is 2.69. The van der Waals surface area contributed by atoms with Crippen LogP contribution in [0.1, 0.15) is 56.6 Å². The molecule has 1 aromatic carbocycles. The number of esters is 1. The van der Waals surface area contributed by atoms with Gasteiger partial charge in [0, 0.05) is 23.1 Å². The van der Waals surface area contributed by atoms with Crippen molar-refractivity contribution in [3.63, 3.8) is 0 Å². The van der Waals surface area contributed by atoms with E-state index in [1.54, 1.807) is 0 Å². The third kappa shape index (κ3) is 3.69. The number of carbonyl (C=O) groups excluding carboxylic acids is 1. The van der Waals surface area contributed by atoms with E-state index in [1.807, 2.05) is 45.9 Å². The minimum absolute atomic E-state index is 0.0989. The Morgan fingerprint density at radius 3 is 2.61 bits per heavy atom. The SMILES string of the molecule is CCCCn1c(C)c(C(=O)OCC)c2cc(OC(C)C)ccc21. The molecule has 2 rings (SSSR count). The second kappa shape index (κ2) is 7.53. The zero-order chi connectivity index (χ0) is 17.0. The van der Waals surface area contributed by atoms with Crippen LogP contribution < -0.4 is 4.74 Å². The molecule has 1 aromatic heterocycles. The fourth-order valence-electron chi connectivity index (χ4n) is 2.87. The molecule has 0 atom stereocenters. The van der Waals surface area contributed by atoms with Crippen LogP contribution >= 0.6 is 0 Å². The summed E-state index contributed by atoms with van der Waals surface area (Å²) in [4.78, 5) is 12.4. The van der Waals surface area contributed by atoms with Crippen LogP contribution in [0.3, 0.4) is 0 Å². The van der Waals surface area contributed by atoms with Crippen LogP contribution in [0.5, 0.6) is 5.75 Å². The fraction of sp³-hybridized carbons (Fsp3) is 0.526. The predicted octanol–water partition coefficient (Wildman–Crippen LogP) is 4.71. The third-order valence-corrected chi connectivity index (χ3v) is 3.88. The number of hydrogen-bond acceptors (Lipinski definition) is 3. The highest BCUT2D eigenvalue weighted by molar-refractivity contribution is 6.06. The Bertz CT molecular complexity index is 685. The van der Waals surface area contributed by atoms with E-state index in [2.05, 4.69) is 11.5 Å². The number of hydrogen-bond donors (Lipinski definition) is 0. The van der Waals surface area contributed by atoms with Crippen molar-refractivity contribution in [2.45, 2.75) is 60.1 Å². The summed E-state index contributed by atoms with van der Waals surface area (Å²) in [6, 6.07) is 5.97. The average Bonchev–Trinajstić information content (AvgIpc) is 2.76. The maximum absolute atomic E-state index is 12.4. The number of nitrogens with zero attached hydrogens (tertiary/aromatic N) is 1. The van der Waals surface area contributed by atoms with E-state index in [1.165, 1.54) is 0 Å². The first-order valence-electron chi connectivity index (χ1n) is 8.46. The first-order chi connectivity index (χ1) is 11.0. The van der Waals surface area contributed by atoms with Gasteiger partial charge in [0.1, 0.15) is 5.75 Å².